The van der Waals surface area contributed by atoms with E-state index in [0.29, 0.717) is 0 Å². The number of aromatic nitrogens is 1. The standard InChI is InChI=1S/C23H18NS/c1-15-13-19-17-8-4-6-10-22(17)25-23(19)14-18(15)21-12-11-16-7-3-5-9-20(16)24(21)2/h3-14H,1-2H3/q+1. The van der Waals surface area contributed by atoms with Crippen molar-refractivity contribution in [3.63, 3.8) is 0 Å². The van der Waals surface area contributed by atoms with Gasteiger partial charge in [-0.05, 0) is 42.8 Å². The number of hydrogen-bond donors (Lipinski definition) is 0. The first-order valence-corrected chi connectivity index (χ1v) is 9.34. The summed E-state index contributed by atoms with van der Waals surface area (Å²) < 4.78 is 5.02. The number of pyridine rings is 1. The molecule has 0 bridgehead atoms. The summed E-state index contributed by atoms with van der Waals surface area (Å²) in [6.45, 7) is 2.22. The molecule has 0 aliphatic carbocycles. The van der Waals surface area contributed by atoms with Gasteiger partial charge in [0.15, 0.2) is 0 Å². The Morgan fingerprint density at radius 1 is 0.760 bits per heavy atom. The smallest absolute Gasteiger partial charge is 0.194 e. The second-order valence-electron chi connectivity index (χ2n) is 6.60. The molecule has 5 rings (SSSR count). The van der Waals surface area contributed by atoms with Crippen LogP contribution in [0.15, 0.2) is 72.8 Å². The third-order valence-corrected chi connectivity index (χ3v) is 6.21. The van der Waals surface area contributed by atoms with Gasteiger partial charge < -0.3 is 0 Å². The van der Waals surface area contributed by atoms with E-state index in [4.69, 9.17) is 0 Å². The second kappa shape index (κ2) is 5.40. The van der Waals surface area contributed by atoms with Gasteiger partial charge >= 0.3 is 0 Å². The summed E-state index contributed by atoms with van der Waals surface area (Å²) in [5.74, 6) is 0. The number of aryl methyl sites for hydroxylation is 2. The van der Waals surface area contributed by atoms with Gasteiger partial charge in [0, 0.05) is 37.7 Å². The average molecular weight is 340 g/mol. The highest BCUT2D eigenvalue weighted by Crippen LogP contribution is 2.37. The Morgan fingerprint density at radius 3 is 2.48 bits per heavy atom. The van der Waals surface area contributed by atoms with Crippen molar-refractivity contribution in [2.75, 3.05) is 0 Å². The van der Waals surface area contributed by atoms with Gasteiger partial charge in [0.2, 0.25) is 11.2 Å². The van der Waals surface area contributed by atoms with Gasteiger partial charge in [0.1, 0.15) is 7.05 Å². The Morgan fingerprint density at radius 2 is 1.56 bits per heavy atom. The molecule has 2 heteroatoms. The van der Waals surface area contributed by atoms with E-state index in [1.54, 1.807) is 0 Å². The molecule has 2 heterocycles. The lowest BCUT2D eigenvalue weighted by Crippen LogP contribution is -2.32. The van der Waals surface area contributed by atoms with Crippen molar-refractivity contribution in [3.05, 3.63) is 78.4 Å². The minimum absolute atomic E-state index is 1.26. The van der Waals surface area contributed by atoms with E-state index in [1.807, 2.05) is 11.3 Å². The Kier molecular flexibility index (Phi) is 3.16. The molecule has 1 nitrogen and oxygen atoms in total. The van der Waals surface area contributed by atoms with Crippen LogP contribution in [-0.4, -0.2) is 0 Å². The molecule has 0 saturated heterocycles. The molecule has 3 aromatic carbocycles. The van der Waals surface area contributed by atoms with Crippen LogP contribution in [0, 0.1) is 6.92 Å². The maximum Gasteiger partial charge on any atom is 0.213 e. The van der Waals surface area contributed by atoms with Gasteiger partial charge in [-0.3, -0.25) is 0 Å². The van der Waals surface area contributed by atoms with E-state index in [-0.39, 0.29) is 0 Å². The lowest BCUT2D eigenvalue weighted by atomic mass is 10.0. The number of fused-ring (bicyclic) bond motifs is 4. The normalized spacial score (nSPS) is 11.6. The lowest BCUT2D eigenvalue weighted by Gasteiger charge is -2.07. The molecule has 0 spiro atoms. The van der Waals surface area contributed by atoms with Crippen molar-refractivity contribution >= 4 is 42.4 Å². The van der Waals surface area contributed by atoms with Crippen LogP contribution < -0.4 is 4.57 Å². The molecule has 120 valence electrons. The number of rotatable bonds is 1. The Bertz CT molecular complexity index is 1260. The van der Waals surface area contributed by atoms with Crippen molar-refractivity contribution in [2.24, 2.45) is 7.05 Å². The SMILES string of the molecule is Cc1cc2c(cc1-c1ccc3ccccc3[n+]1C)sc1ccccc12. The highest BCUT2D eigenvalue weighted by Gasteiger charge is 2.17. The van der Waals surface area contributed by atoms with E-state index in [9.17, 15) is 0 Å². The molecule has 0 fully saturated rings. The van der Waals surface area contributed by atoms with Crippen LogP contribution in [0.5, 0.6) is 0 Å². The van der Waals surface area contributed by atoms with E-state index < -0.39 is 0 Å². The first-order chi connectivity index (χ1) is 12.2. The summed E-state index contributed by atoms with van der Waals surface area (Å²) in [7, 11) is 2.16. The highest BCUT2D eigenvalue weighted by atomic mass is 32.1. The van der Waals surface area contributed by atoms with Crippen LogP contribution in [0.25, 0.3) is 42.3 Å². The molecule has 0 unspecified atom stereocenters. The van der Waals surface area contributed by atoms with Crippen molar-refractivity contribution in [1.29, 1.82) is 0 Å². The van der Waals surface area contributed by atoms with Crippen LogP contribution >= 0.6 is 11.3 Å². The van der Waals surface area contributed by atoms with Gasteiger partial charge in [0.25, 0.3) is 0 Å². The predicted molar refractivity (Wildman–Crippen MR) is 108 cm³/mol. The lowest BCUT2D eigenvalue weighted by molar-refractivity contribution is -0.633. The molecule has 0 aliphatic heterocycles. The maximum absolute atomic E-state index is 2.36. The Labute approximate surface area is 150 Å². The van der Waals surface area contributed by atoms with Crippen molar-refractivity contribution in [1.82, 2.24) is 0 Å². The molecular formula is C23H18NS+. The van der Waals surface area contributed by atoms with Gasteiger partial charge in [-0.25, -0.2) is 0 Å². The van der Waals surface area contributed by atoms with E-state index in [0.717, 1.165) is 0 Å². The summed E-state index contributed by atoms with van der Waals surface area (Å²) >= 11 is 1.88. The zero-order valence-electron chi connectivity index (χ0n) is 14.3. The van der Waals surface area contributed by atoms with Gasteiger partial charge in [-0.1, -0.05) is 30.3 Å². The van der Waals surface area contributed by atoms with E-state index in [1.165, 1.54) is 47.9 Å². The number of benzene rings is 3. The predicted octanol–water partition coefficient (Wildman–Crippen LogP) is 6.01. The van der Waals surface area contributed by atoms with Gasteiger partial charge in [-0.15, -0.1) is 11.3 Å². The molecule has 0 amide bonds. The molecule has 2 aromatic heterocycles. The third-order valence-electron chi connectivity index (χ3n) is 5.08. The molecule has 0 N–H and O–H groups in total. The molecular weight excluding hydrogens is 322 g/mol. The van der Waals surface area contributed by atoms with Crippen molar-refractivity contribution < 1.29 is 4.57 Å². The zero-order valence-corrected chi connectivity index (χ0v) is 15.1. The van der Waals surface area contributed by atoms with Gasteiger partial charge in [-0.2, -0.15) is 4.57 Å². The summed E-state index contributed by atoms with van der Waals surface area (Å²) in [5.41, 5.74) is 5.15. The van der Waals surface area contributed by atoms with Crippen LogP contribution in [-0.2, 0) is 7.05 Å². The molecule has 0 aliphatic rings. The fraction of sp³-hybridized carbons (Fsp3) is 0.0870. The number of hydrogen-bond acceptors (Lipinski definition) is 1. The second-order valence-corrected chi connectivity index (χ2v) is 7.68. The number of nitrogens with zero attached hydrogens (tertiary/aromatic N) is 1. The summed E-state index contributed by atoms with van der Waals surface area (Å²) in [4.78, 5) is 0. The van der Waals surface area contributed by atoms with Crippen molar-refractivity contribution in [3.8, 4) is 11.3 Å². The van der Waals surface area contributed by atoms with Crippen LogP contribution in [0.2, 0.25) is 0 Å². The molecule has 0 atom stereocenters. The Balaban J connectivity index is 1.82. The first kappa shape index (κ1) is 14.6. The average Bonchev–Trinajstić information content (AvgIpc) is 2.99. The zero-order chi connectivity index (χ0) is 17.0. The highest BCUT2D eigenvalue weighted by molar-refractivity contribution is 7.25. The van der Waals surface area contributed by atoms with Crippen molar-refractivity contribution in [2.45, 2.75) is 6.92 Å². The van der Waals surface area contributed by atoms with E-state index in [2.05, 4.69) is 91.3 Å². The number of thiophene rings is 1. The Hall–Kier alpha value is -2.71. The van der Waals surface area contributed by atoms with Crippen LogP contribution in [0.1, 0.15) is 5.56 Å². The van der Waals surface area contributed by atoms with E-state index >= 15 is 0 Å². The molecule has 0 radical (unpaired) electrons. The molecule has 5 aromatic rings. The fourth-order valence-corrected chi connectivity index (χ4v) is 4.90. The third kappa shape index (κ3) is 2.18. The minimum Gasteiger partial charge on any atom is -0.194 e. The quantitative estimate of drug-likeness (QED) is 0.329. The summed E-state index contributed by atoms with van der Waals surface area (Å²) in [5, 5.41) is 4.00. The maximum atomic E-state index is 2.36. The van der Waals surface area contributed by atoms with Crippen LogP contribution in [0.4, 0.5) is 0 Å². The van der Waals surface area contributed by atoms with Gasteiger partial charge in [0.05, 0.1) is 5.56 Å². The minimum atomic E-state index is 1.26. The molecule has 25 heavy (non-hydrogen) atoms. The largest absolute Gasteiger partial charge is 0.213 e. The topological polar surface area (TPSA) is 3.88 Å². The summed E-state index contributed by atoms with van der Waals surface area (Å²) in [6.07, 6.45) is 0. The van der Waals surface area contributed by atoms with Crippen LogP contribution in [0.3, 0.4) is 0 Å². The summed E-state index contributed by atoms with van der Waals surface area (Å²) in [6, 6.07) is 26.4. The monoisotopic (exact) mass is 340 g/mol. The first-order valence-electron chi connectivity index (χ1n) is 8.52. The fourth-order valence-electron chi connectivity index (χ4n) is 3.77. The number of para-hydroxylation sites is 1. The molecule has 0 saturated carbocycles.